The maximum absolute atomic E-state index is 12.5. The van der Waals surface area contributed by atoms with Crippen LogP contribution in [-0.4, -0.2) is 46.1 Å². The summed E-state index contributed by atoms with van der Waals surface area (Å²) in [6.45, 7) is 0. The van der Waals surface area contributed by atoms with E-state index in [2.05, 4.69) is 21.9 Å². The minimum Gasteiger partial charge on any atom is -0.459 e. The van der Waals surface area contributed by atoms with Crippen LogP contribution in [0.5, 0.6) is 0 Å². The number of hydrogen-bond acceptors (Lipinski definition) is 4. The molecule has 3 heterocycles. The van der Waals surface area contributed by atoms with Crippen molar-refractivity contribution in [2.75, 3.05) is 7.05 Å². The van der Waals surface area contributed by atoms with Gasteiger partial charge in [0.25, 0.3) is 0 Å². The zero-order valence-electron chi connectivity index (χ0n) is 12.4. The van der Waals surface area contributed by atoms with Gasteiger partial charge in [-0.25, -0.2) is 9.78 Å². The first-order chi connectivity index (χ1) is 10.6. The number of nitrogens with zero attached hydrogens (tertiary/aromatic N) is 2. The average molecular weight is 320 g/mol. The zero-order chi connectivity index (χ0) is 15.3. The molecule has 1 aromatic heterocycles. The van der Waals surface area contributed by atoms with E-state index in [1.807, 2.05) is 0 Å². The summed E-state index contributed by atoms with van der Waals surface area (Å²) in [6, 6.07) is 4.48. The predicted octanol–water partition coefficient (Wildman–Crippen LogP) is 3.00. The number of halogens is 1. The van der Waals surface area contributed by atoms with Crippen LogP contribution in [0.25, 0.3) is 11.0 Å². The molecule has 22 heavy (non-hydrogen) atoms. The van der Waals surface area contributed by atoms with Crippen molar-refractivity contribution in [2.24, 2.45) is 0 Å². The molecule has 5 nitrogen and oxygen atoms in total. The zero-order valence-corrected chi connectivity index (χ0v) is 13.1. The molecule has 0 amide bonds. The van der Waals surface area contributed by atoms with Crippen LogP contribution in [-0.2, 0) is 4.74 Å². The summed E-state index contributed by atoms with van der Waals surface area (Å²) >= 11 is 6.08. The van der Waals surface area contributed by atoms with Crippen molar-refractivity contribution < 1.29 is 9.53 Å². The third-order valence-electron chi connectivity index (χ3n) is 5.04. The molecule has 2 atom stereocenters. The van der Waals surface area contributed by atoms with Crippen LogP contribution >= 0.6 is 11.6 Å². The summed E-state index contributed by atoms with van der Waals surface area (Å²) in [5, 5.41) is 0.507. The molecule has 116 valence electrons. The summed E-state index contributed by atoms with van der Waals surface area (Å²) in [4.78, 5) is 22.2. The molecule has 6 heteroatoms. The van der Waals surface area contributed by atoms with Gasteiger partial charge in [0.1, 0.15) is 11.6 Å². The normalized spacial score (nSPS) is 28.2. The maximum atomic E-state index is 12.5. The number of carbonyl (C=O) groups excluding carboxylic acids is 1. The SMILES string of the molecule is CN1C2CCC1CC(OC(=O)c1cc(Cl)cc3[nH]cnc13)C2. The minimum atomic E-state index is -0.325. The lowest BCUT2D eigenvalue weighted by Gasteiger charge is -2.35. The van der Waals surface area contributed by atoms with Gasteiger partial charge >= 0.3 is 5.97 Å². The number of carbonyl (C=O) groups is 1. The predicted molar refractivity (Wildman–Crippen MR) is 84.1 cm³/mol. The first kappa shape index (κ1) is 14.0. The van der Waals surface area contributed by atoms with E-state index in [1.165, 1.54) is 12.8 Å². The molecule has 2 unspecified atom stereocenters. The molecular formula is C16H18ClN3O2. The molecule has 2 aromatic rings. The molecule has 1 N–H and O–H groups in total. The summed E-state index contributed by atoms with van der Waals surface area (Å²) in [7, 11) is 2.17. The van der Waals surface area contributed by atoms with E-state index < -0.39 is 0 Å². The molecule has 0 saturated carbocycles. The summed E-state index contributed by atoms with van der Waals surface area (Å²) < 4.78 is 5.76. The highest BCUT2D eigenvalue weighted by Crippen LogP contribution is 2.36. The molecule has 2 aliphatic heterocycles. The van der Waals surface area contributed by atoms with Crippen molar-refractivity contribution in [1.82, 2.24) is 14.9 Å². The van der Waals surface area contributed by atoms with Gasteiger partial charge < -0.3 is 14.6 Å². The largest absolute Gasteiger partial charge is 0.459 e. The van der Waals surface area contributed by atoms with Crippen LogP contribution in [0, 0.1) is 0 Å². The number of esters is 1. The van der Waals surface area contributed by atoms with Gasteiger partial charge in [-0.15, -0.1) is 0 Å². The number of H-pyrrole nitrogens is 1. The van der Waals surface area contributed by atoms with E-state index in [-0.39, 0.29) is 12.1 Å². The number of ether oxygens (including phenoxy) is 1. The molecule has 2 bridgehead atoms. The fraction of sp³-hybridized carbons (Fsp3) is 0.500. The first-order valence-electron chi connectivity index (χ1n) is 7.67. The number of aromatic nitrogens is 2. The van der Waals surface area contributed by atoms with Crippen molar-refractivity contribution in [1.29, 1.82) is 0 Å². The fourth-order valence-corrected chi connectivity index (χ4v) is 4.06. The van der Waals surface area contributed by atoms with Gasteiger partial charge in [0.15, 0.2) is 0 Å². The molecule has 2 saturated heterocycles. The number of aromatic amines is 1. The second kappa shape index (κ2) is 5.25. The van der Waals surface area contributed by atoms with Crippen molar-refractivity contribution in [3.63, 3.8) is 0 Å². The Kier molecular flexibility index (Phi) is 3.35. The van der Waals surface area contributed by atoms with Crippen molar-refractivity contribution >= 4 is 28.6 Å². The van der Waals surface area contributed by atoms with E-state index in [0.29, 0.717) is 28.2 Å². The Morgan fingerprint density at radius 2 is 2.09 bits per heavy atom. The van der Waals surface area contributed by atoms with Gasteiger partial charge in [0, 0.05) is 29.9 Å². The highest BCUT2D eigenvalue weighted by Gasteiger charge is 2.40. The Hall–Kier alpha value is -1.59. The molecule has 2 aliphatic rings. The smallest absolute Gasteiger partial charge is 0.340 e. The number of piperidine rings is 1. The van der Waals surface area contributed by atoms with Crippen molar-refractivity contribution in [3.8, 4) is 0 Å². The topological polar surface area (TPSA) is 58.2 Å². The monoisotopic (exact) mass is 319 g/mol. The highest BCUT2D eigenvalue weighted by molar-refractivity contribution is 6.31. The van der Waals surface area contributed by atoms with Crippen LogP contribution in [0.4, 0.5) is 0 Å². The van der Waals surface area contributed by atoms with Crippen LogP contribution < -0.4 is 0 Å². The number of hydrogen-bond donors (Lipinski definition) is 1. The van der Waals surface area contributed by atoms with E-state index in [0.717, 1.165) is 18.4 Å². The molecule has 0 radical (unpaired) electrons. The van der Waals surface area contributed by atoms with E-state index in [9.17, 15) is 4.79 Å². The Labute approximate surface area is 133 Å². The summed E-state index contributed by atoms with van der Waals surface area (Å²) in [5.74, 6) is -0.325. The van der Waals surface area contributed by atoms with Gasteiger partial charge in [-0.1, -0.05) is 11.6 Å². The van der Waals surface area contributed by atoms with E-state index >= 15 is 0 Å². The lowest BCUT2D eigenvalue weighted by molar-refractivity contribution is -0.000279. The third-order valence-corrected chi connectivity index (χ3v) is 5.26. The Morgan fingerprint density at radius 3 is 2.82 bits per heavy atom. The quantitative estimate of drug-likeness (QED) is 0.865. The van der Waals surface area contributed by atoms with Gasteiger partial charge in [0.05, 0.1) is 17.4 Å². The van der Waals surface area contributed by atoms with Crippen molar-refractivity contribution in [3.05, 3.63) is 29.0 Å². The van der Waals surface area contributed by atoms with Gasteiger partial charge in [0.2, 0.25) is 0 Å². The van der Waals surface area contributed by atoms with Crippen LogP contribution in [0.1, 0.15) is 36.0 Å². The number of imidazole rings is 1. The molecule has 0 aliphatic carbocycles. The summed E-state index contributed by atoms with van der Waals surface area (Å²) in [5.41, 5.74) is 1.81. The van der Waals surface area contributed by atoms with Crippen LogP contribution in [0.2, 0.25) is 5.02 Å². The lowest BCUT2D eigenvalue weighted by atomic mass is 10.0. The molecule has 0 spiro atoms. The van der Waals surface area contributed by atoms with Gasteiger partial charge in [-0.3, -0.25) is 0 Å². The van der Waals surface area contributed by atoms with Crippen LogP contribution in [0.15, 0.2) is 18.5 Å². The Balaban J connectivity index is 1.56. The Bertz CT molecular complexity index is 715. The molecule has 4 rings (SSSR count). The third kappa shape index (κ3) is 2.29. The molecule has 2 fully saturated rings. The van der Waals surface area contributed by atoms with Gasteiger partial charge in [-0.2, -0.15) is 0 Å². The van der Waals surface area contributed by atoms with E-state index in [4.69, 9.17) is 16.3 Å². The second-order valence-electron chi connectivity index (χ2n) is 6.30. The molecule has 1 aromatic carbocycles. The number of nitrogens with one attached hydrogen (secondary N) is 1. The average Bonchev–Trinajstić information content (AvgIpc) is 3.00. The fourth-order valence-electron chi connectivity index (χ4n) is 3.84. The van der Waals surface area contributed by atoms with Crippen LogP contribution in [0.3, 0.4) is 0 Å². The maximum Gasteiger partial charge on any atom is 0.340 e. The van der Waals surface area contributed by atoms with E-state index in [1.54, 1.807) is 18.5 Å². The Morgan fingerprint density at radius 1 is 1.36 bits per heavy atom. The minimum absolute atomic E-state index is 0.00539. The molecular weight excluding hydrogens is 302 g/mol. The number of fused-ring (bicyclic) bond motifs is 3. The highest BCUT2D eigenvalue weighted by atomic mass is 35.5. The standard InChI is InChI=1S/C16H18ClN3O2/c1-20-10-2-3-11(20)7-12(6-10)22-16(21)13-4-9(17)5-14-15(13)19-8-18-14/h4-5,8,10-12H,2-3,6-7H2,1H3,(H,18,19). The van der Waals surface area contributed by atoms with Crippen molar-refractivity contribution in [2.45, 2.75) is 43.9 Å². The number of benzene rings is 1. The number of rotatable bonds is 2. The van der Waals surface area contributed by atoms with Gasteiger partial charge in [-0.05, 0) is 32.0 Å². The first-order valence-corrected chi connectivity index (χ1v) is 8.05. The summed E-state index contributed by atoms with van der Waals surface area (Å²) in [6.07, 6.45) is 5.81. The second-order valence-corrected chi connectivity index (χ2v) is 6.74. The lowest BCUT2D eigenvalue weighted by Crippen LogP contribution is -2.43.